The van der Waals surface area contributed by atoms with Gasteiger partial charge in [-0.3, -0.25) is 4.79 Å². The maximum Gasteiger partial charge on any atom is 0.343 e. The molecule has 0 radical (unpaired) electrons. The molecule has 30 heavy (non-hydrogen) atoms. The van der Waals surface area contributed by atoms with Crippen LogP contribution >= 0.6 is 15.9 Å². The Balaban J connectivity index is 1.72. The number of hydrogen-bond donors (Lipinski definition) is 1. The van der Waals surface area contributed by atoms with Crippen molar-refractivity contribution in [1.82, 2.24) is 5.43 Å². The highest BCUT2D eigenvalue weighted by atomic mass is 79.9. The first-order valence-electron chi connectivity index (χ1n) is 9.02. The summed E-state index contributed by atoms with van der Waals surface area (Å²) in [4.78, 5) is 24.7. The van der Waals surface area contributed by atoms with Crippen molar-refractivity contribution < 1.29 is 19.1 Å². The minimum atomic E-state index is -0.474. The third-order valence-electron chi connectivity index (χ3n) is 4.15. The van der Waals surface area contributed by atoms with Crippen molar-refractivity contribution in [2.24, 2.45) is 5.10 Å². The Morgan fingerprint density at radius 1 is 1.00 bits per heavy atom. The van der Waals surface area contributed by atoms with Gasteiger partial charge in [-0.25, -0.2) is 10.2 Å². The van der Waals surface area contributed by atoms with Crippen LogP contribution in [0.2, 0.25) is 0 Å². The number of aryl methyl sites for hydroxylation is 1. The summed E-state index contributed by atoms with van der Waals surface area (Å²) in [7, 11) is 1.56. The van der Waals surface area contributed by atoms with Crippen LogP contribution in [0.4, 0.5) is 0 Å². The summed E-state index contributed by atoms with van der Waals surface area (Å²) < 4.78 is 11.4. The van der Waals surface area contributed by atoms with Crippen molar-refractivity contribution in [3.05, 3.63) is 93.5 Å². The lowest BCUT2D eigenvalue weighted by Gasteiger charge is -2.08. The molecule has 0 saturated heterocycles. The van der Waals surface area contributed by atoms with E-state index in [2.05, 4.69) is 26.5 Å². The Hall–Kier alpha value is -3.45. The van der Waals surface area contributed by atoms with Gasteiger partial charge in [-0.05, 0) is 61.5 Å². The second-order valence-electron chi connectivity index (χ2n) is 6.37. The number of esters is 1. The van der Waals surface area contributed by atoms with Crippen molar-refractivity contribution in [2.75, 3.05) is 7.11 Å². The molecule has 6 nitrogen and oxygen atoms in total. The number of rotatable bonds is 6. The Bertz CT molecular complexity index is 1090. The van der Waals surface area contributed by atoms with Gasteiger partial charge >= 0.3 is 5.97 Å². The third-order valence-corrected chi connectivity index (χ3v) is 4.64. The van der Waals surface area contributed by atoms with Crippen LogP contribution in [0.15, 0.2) is 76.3 Å². The van der Waals surface area contributed by atoms with Gasteiger partial charge in [-0.1, -0.05) is 33.6 Å². The number of ether oxygens (including phenoxy) is 2. The average Bonchev–Trinajstić information content (AvgIpc) is 2.75. The molecule has 3 rings (SSSR count). The number of benzene rings is 3. The van der Waals surface area contributed by atoms with Crippen LogP contribution in [-0.4, -0.2) is 25.2 Å². The van der Waals surface area contributed by atoms with Crippen LogP contribution in [0.5, 0.6) is 11.5 Å². The summed E-state index contributed by atoms with van der Waals surface area (Å²) in [5.74, 6) is 0.136. The smallest absolute Gasteiger partial charge is 0.343 e. The Morgan fingerprint density at radius 2 is 1.77 bits per heavy atom. The van der Waals surface area contributed by atoms with E-state index in [1.165, 1.54) is 6.21 Å². The van der Waals surface area contributed by atoms with Crippen molar-refractivity contribution in [2.45, 2.75) is 6.92 Å². The molecule has 0 atom stereocenters. The third kappa shape index (κ3) is 5.55. The van der Waals surface area contributed by atoms with E-state index in [4.69, 9.17) is 9.47 Å². The van der Waals surface area contributed by atoms with Crippen molar-refractivity contribution >= 4 is 34.0 Å². The second-order valence-corrected chi connectivity index (χ2v) is 7.28. The van der Waals surface area contributed by atoms with Gasteiger partial charge in [0.05, 0.1) is 18.9 Å². The number of hydrazone groups is 1. The van der Waals surface area contributed by atoms with E-state index in [1.54, 1.807) is 67.8 Å². The van der Waals surface area contributed by atoms with Crippen LogP contribution in [0, 0.1) is 6.92 Å². The highest BCUT2D eigenvalue weighted by Crippen LogP contribution is 2.23. The van der Waals surface area contributed by atoms with Crippen LogP contribution in [0.3, 0.4) is 0 Å². The molecule has 0 unspecified atom stereocenters. The standard InChI is InChI=1S/C23H19BrN2O4/c1-15-4-3-5-17(12-15)23(28)30-21-11-8-19(24)13-18(21)14-25-26-22(27)16-6-9-20(29-2)10-7-16/h3-14H,1-2H3,(H,26,27)/b25-14-. The van der Waals surface area contributed by atoms with Crippen molar-refractivity contribution in [3.8, 4) is 11.5 Å². The largest absolute Gasteiger partial charge is 0.497 e. The van der Waals surface area contributed by atoms with Gasteiger partial charge in [0.25, 0.3) is 5.91 Å². The first-order chi connectivity index (χ1) is 14.5. The van der Waals surface area contributed by atoms with E-state index in [1.807, 2.05) is 13.0 Å². The van der Waals surface area contributed by atoms with Gasteiger partial charge in [-0.15, -0.1) is 0 Å². The fourth-order valence-electron chi connectivity index (χ4n) is 2.61. The molecule has 0 spiro atoms. The summed E-state index contributed by atoms with van der Waals surface area (Å²) in [6.45, 7) is 1.90. The molecule has 7 heteroatoms. The van der Waals surface area contributed by atoms with Gasteiger partial charge in [-0.2, -0.15) is 5.10 Å². The lowest BCUT2D eigenvalue weighted by molar-refractivity contribution is 0.0734. The molecular weight excluding hydrogens is 448 g/mol. The van der Waals surface area contributed by atoms with Crippen molar-refractivity contribution in [1.29, 1.82) is 0 Å². The highest BCUT2D eigenvalue weighted by molar-refractivity contribution is 9.10. The summed E-state index contributed by atoms with van der Waals surface area (Å²) >= 11 is 3.39. The molecule has 152 valence electrons. The molecule has 0 fully saturated rings. The average molecular weight is 467 g/mol. The Kier molecular flexibility index (Phi) is 6.98. The molecule has 1 N–H and O–H groups in total. The quantitative estimate of drug-likeness (QED) is 0.246. The highest BCUT2D eigenvalue weighted by Gasteiger charge is 2.12. The molecule has 0 heterocycles. The summed E-state index contributed by atoms with van der Waals surface area (Å²) in [6.07, 6.45) is 1.42. The molecule has 0 bridgehead atoms. The summed E-state index contributed by atoms with van der Waals surface area (Å²) in [5, 5.41) is 3.99. The van der Waals surface area contributed by atoms with Gasteiger partial charge in [0.1, 0.15) is 11.5 Å². The van der Waals surface area contributed by atoms with E-state index in [-0.39, 0.29) is 5.91 Å². The van der Waals surface area contributed by atoms with Crippen molar-refractivity contribution in [3.63, 3.8) is 0 Å². The maximum absolute atomic E-state index is 12.5. The molecule has 3 aromatic rings. The van der Waals surface area contributed by atoms with Gasteiger partial charge in [0, 0.05) is 15.6 Å². The molecule has 0 saturated carbocycles. The number of nitrogens with one attached hydrogen (secondary N) is 1. The number of amides is 1. The van der Waals surface area contributed by atoms with E-state index >= 15 is 0 Å². The predicted molar refractivity (Wildman–Crippen MR) is 118 cm³/mol. The first kappa shape index (κ1) is 21.3. The topological polar surface area (TPSA) is 77.0 Å². The van der Waals surface area contributed by atoms with Gasteiger partial charge < -0.3 is 9.47 Å². The van der Waals surface area contributed by atoms with E-state index < -0.39 is 5.97 Å². The molecule has 0 aliphatic heterocycles. The molecule has 0 aliphatic rings. The molecule has 3 aromatic carbocycles. The summed E-state index contributed by atoms with van der Waals surface area (Å²) in [6, 6.07) is 18.9. The lowest BCUT2D eigenvalue weighted by atomic mass is 10.1. The lowest BCUT2D eigenvalue weighted by Crippen LogP contribution is -2.17. The first-order valence-corrected chi connectivity index (χ1v) is 9.81. The SMILES string of the molecule is COc1ccc(C(=O)N/N=C\c2cc(Br)ccc2OC(=O)c2cccc(C)c2)cc1. The number of carbonyl (C=O) groups is 2. The van der Waals surface area contributed by atoms with Gasteiger partial charge in [0.15, 0.2) is 0 Å². The molecule has 1 amide bonds. The van der Waals surface area contributed by atoms with Crippen LogP contribution in [0.1, 0.15) is 31.8 Å². The van der Waals surface area contributed by atoms with Crippen LogP contribution in [-0.2, 0) is 0 Å². The summed E-state index contributed by atoms with van der Waals surface area (Å²) in [5.41, 5.74) is 4.84. The fourth-order valence-corrected chi connectivity index (χ4v) is 2.99. The number of methoxy groups -OCH3 is 1. The Labute approximate surface area is 182 Å². The fraction of sp³-hybridized carbons (Fsp3) is 0.0870. The van der Waals surface area contributed by atoms with Crippen LogP contribution < -0.4 is 14.9 Å². The minimum Gasteiger partial charge on any atom is -0.497 e. The molecule has 0 aromatic heterocycles. The number of halogens is 1. The minimum absolute atomic E-state index is 0.326. The number of nitrogens with zero attached hydrogens (tertiary/aromatic N) is 1. The zero-order valence-corrected chi connectivity index (χ0v) is 18.0. The zero-order valence-electron chi connectivity index (χ0n) is 16.4. The molecular formula is C23H19BrN2O4. The predicted octanol–water partition coefficient (Wildman–Crippen LogP) is 4.75. The van der Waals surface area contributed by atoms with E-state index in [0.717, 1.165) is 10.0 Å². The zero-order chi connectivity index (χ0) is 21.5. The Morgan fingerprint density at radius 3 is 2.47 bits per heavy atom. The second kappa shape index (κ2) is 9.84. The molecule has 0 aliphatic carbocycles. The van der Waals surface area contributed by atoms with Gasteiger partial charge in [0.2, 0.25) is 0 Å². The van der Waals surface area contributed by atoms with E-state index in [9.17, 15) is 9.59 Å². The normalized spacial score (nSPS) is 10.6. The monoisotopic (exact) mass is 466 g/mol. The van der Waals surface area contributed by atoms with Crippen LogP contribution in [0.25, 0.3) is 0 Å². The maximum atomic E-state index is 12.5. The van der Waals surface area contributed by atoms with E-state index in [0.29, 0.717) is 28.2 Å². The number of hydrogen-bond acceptors (Lipinski definition) is 5. The number of carbonyl (C=O) groups excluding carboxylic acids is 2.